The van der Waals surface area contributed by atoms with Gasteiger partial charge in [0.1, 0.15) is 12.1 Å². The molecule has 3 fully saturated rings. The van der Waals surface area contributed by atoms with Crippen LogP contribution >= 0.6 is 0 Å². The van der Waals surface area contributed by atoms with Crippen LogP contribution in [0.15, 0.2) is 30.7 Å². The highest BCUT2D eigenvalue weighted by atomic mass is 19.1. The Morgan fingerprint density at radius 3 is 2.44 bits per heavy atom. The second kappa shape index (κ2) is 13.6. The molecule has 1 aliphatic carbocycles. The van der Waals surface area contributed by atoms with Gasteiger partial charge in [0.25, 0.3) is 0 Å². The third-order valence-corrected chi connectivity index (χ3v) is 9.60. The summed E-state index contributed by atoms with van der Waals surface area (Å²) >= 11 is 0. The number of amides is 1. The Balaban J connectivity index is 1.17. The number of esters is 1. The van der Waals surface area contributed by atoms with Gasteiger partial charge in [-0.05, 0) is 82.5 Å². The van der Waals surface area contributed by atoms with Crippen molar-refractivity contribution in [1.29, 1.82) is 0 Å². The molecule has 1 saturated carbocycles. The normalized spacial score (nSPS) is 21.9. The lowest BCUT2D eigenvalue weighted by molar-refractivity contribution is -0.142. The second-order valence-electron chi connectivity index (χ2n) is 13.0. The quantitative estimate of drug-likeness (QED) is 0.324. The average Bonchev–Trinajstić information content (AvgIpc) is 2.99. The fourth-order valence-electron chi connectivity index (χ4n) is 7.02. The summed E-state index contributed by atoms with van der Waals surface area (Å²) in [6, 6.07) is 4.26. The summed E-state index contributed by atoms with van der Waals surface area (Å²) in [7, 11) is 1.47. The van der Waals surface area contributed by atoms with Crippen molar-refractivity contribution in [2.45, 2.75) is 65.7 Å². The summed E-state index contributed by atoms with van der Waals surface area (Å²) in [5.74, 6) is 1.99. The fourth-order valence-corrected chi connectivity index (χ4v) is 7.02. The van der Waals surface area contributed by atoms with E-state index in [1.807, 2.05) is 20.8 Å². The van der Waals surface area contributed by atoms with Gasteiger partial charge < -0.3 is 24.2 Å². The maximum atomic E-state index is 14.3. The zero-order chi connectivity index (χ0) is 30.6. The molecule has 2 aliphatic heterocycles. The Hall–Kier alpha value is -3.27. The maximum Gasteiger partial charge on any atom is 0.305 e. The number of hydrogen-bond acceptors (Lipinski definition) is 8. The predicted molar refractivity (Wildman–Crippen MR) is 164 cm³/mol. The van der Waals surface area contributed by atoms with Crippen molar-refractivity contribution in [3.63, 3.8) is 0 Å². The van der Waals surface area contributed by atoms with Gasteiger partial charge in [-0.25, -0.2) is 14.4 Å². The standard InChI is InChI=1S/C33H46FN5O4/c1-5-39(32(41)23(2)3)27-17-26(34)10-11-28(27)43-29-18-35-22-36-31(29)38-20-33(21-38)12-14-37(15-13-33)19-25-8-6-24(7-9-25)16-30(40)42-4/h10-11,17-18,22-25H,5-9,12-16,19-21H2,1-4H3. The first-order valence-electron chi connectivity index (χ1n) is 15.8. The van der Waals surface area contributed by atoms with E-state index < -0.39 is 5.82 Å². The van der Waals surface area contributed by atoms with E-state index in [1.54, 1.807) is 17.2 Å². The Labute approximate surface area is 254 Å². The van der Waals surface area contributed by atoms with Crippen LogP contribution in [0.1, 0.15) is 65.7 Å². The van der Waals surface area contributed by atoms with Gasteiger partial charge in [-0.2, -0.15) is 0 Å². The molecule has 1 aromatic heterocycles. The smallest absolute Gasteiger partial charge is 0.305 e. The van der Waals surface area contributed by atoms with E-state index in [1.165, 1.54) is 38.4 Å². The molecule has 5 rings (SSSR count). The summed E-state index contributed by atoms with van der Waals surface area (Å²) in [6.45, 7) is 11.1. The van der Waals surface area contributed by atoms with Crippen LogP contribution < -0.4 is 14.5 Å². The summed E-state index contributed by atoms with van der Waals surface area (Å²) < 4.78 is 25.5. The second-order valence-corrected chi connectivity index (χ2v) is 13.0. The number of halogens is 1. The molecule has 234 valence electrons. The van der Waals surface area contributed by atoms with E-state index in [0.29, 0.717) is 36.1 Å². The van der Waals surface area contributed by atoms with Gasteiger partial charge in [0.05, 0.1) is 19.0 Å². The Kier molecular flexibility index (Phi) is 9.84. The number of carbonyl (C=O) groups excluding carboxylic acids is 2. The monoisotopic (exact) mass is 595 g/mol. The van der Waals surface area contributed by atoms with Crippen molar-refractivity contribution in [1.82, 2.24) is 14.9 Å². The lowest BCUT2D eigenvalue weighted by Gasteiger charge is -2.54. The number of aromatic nitrogens is 2. The molecule has 2 saturated heterocycles. The van der Waals surface area contributed by atoms with Gasteiger partial charge in [0, 0.05) is 50.0 Å². The minimum absolute atomic E-state index is 0.0820. The number of anilines is 2. The summed E-state index contributed by atoms with van der Waals surface area (Å²) in [5, 5.41) is 0. The minimum atomic E-state index is -0.427. The molecule has 2 aromatic rings. The van der Waals surface area contributed by atoms with Crippen molar-refractivity contribution in [3.05, 3.63) is 36.5 Å². The number of benzene rings is 1. The van der Waals surface area contributed by atoms with Crippen LogP contribution in [0.25, 0.3) is 0 Å². The van der Waals surface area contributed by atoms with Crippen molar-refractivity contribution in [2.24, 2.45) is 23.2 Å². The topological polar surface area (TPSA) is 88.1 Å². The van der Waals surface area contributed by atoms with E-state index in [-0.39, 0.29) is 23.2 Å². The Morgan fingerprint density at radius 1 is 1.09 bits per heavy atom. The molecule has 43 heavy (non-hydrogen) atoms. The highest BCUT2D eigenvalue weighted by molar-refractivity contribution is 5.96. The van der Waals surface area contributed by atoms with Gasteiger partial charge >= 0.3 is 5.97 Å². The zero-order valence-electron chi connectivity index (χ0n) is 26.1. The molecular weight excluding hydrogens is 549 g/mol. The molecule has 1 spiro atoms. The van der Waals surface area contributed by atoms with E-state index in [2.05, 4.69) is 19.8 Å². The van der Waals surface area contributed by atoms with Crippen LogP contribution in [0, 0.1) is 29.0 Å². The Morgan fingerprint density at radius 2 is 1.79 bits per heavy atom. The lowest BCUT2D eigenvalue weighted by Crippen LogP contribution is -2.61. The van der Waals surface area contributed by atoms with Crippen molar-refractivity contribution < 1.29 is 23.5 Å². The van der Waals surface area contributed by atoms with Gasteiger partial charge in [0.2, 0.25) is 5.91 Å². The van der Waals surface area contributed by atoms with Gasteiger partial charge in [-0.3, -0.25) is 9.59 Å². The number of hydrogen-bond donors (Lipinski definition) is 0. The van der Waals surface area contributed by atoms with Crippen molar-refractivity contribution in [3.8, 4) is 11.5 Å². The van der Waals surface area contributed by atoms with Crippen LogP contribution in [0.5, 0.6) is 11.5 Å². The number of carbonyl (C=O) groups is 2. The Bertz CT molecular complexity index is 1270. The maximum absolute atomic E-state index is 14.3. The first-order valence-corrected chi connectivity index (χ1v) is 15.8. The van der Waals surface area contributed by atoms with E-state index >= 15 is 0 Å². The van der Waals surface area contributed by atoms with Crippen molar-refractivity contribution >= 4 is 23.4 Å². The molecule has 10 heteroatoms. The molecule has 3 aliphatic rings. The molecule has 3 heterocycles. The van der Waals surface area contributed by atoms with Crippen molar-refractivity contribution in [2.75, 3.05) is 56.2 Å². The average molecular weight is 596 g/mol. The largest absolute Gasteiger partial charge is 0.469 e. The third-order valence-electron chi connectivity index (χ3n) is 9.60. The summed E-state index contributed by atoms with van der Waals surface area (Å²) in [4.78, 5) is 39.7. The minimum Gasteiger partial charge on any atom is -0.469 e. The zero-order valence-corrected chi connectivity index (χ0v) is 26.1. The molecule has 1 amide bonds. The molecule has 9 nitrogen and oxygen atoms in total. The molecule has 0 radical (unpaired) electrons. The summed E-state index contributed by atoms with van der Waals surface area (Å²) in [6.07, 6.45) is 10.7. The van der Waals surface area contributed by atoms with Crippen LogP contribution in [0.3, 0.4) is 0 Å². The first kappa shape index (κ1) is 31.2. The van der Waals surface area contributed by atoms with E-state index in [4.69, 9.17) is 9.47 Å². The molecule has 0 atom stereocenters. The van der Waals surface area contributed by atoms with E-state index in [9.17, 15) is 14.0 Å². The predicted octanol–water partition coefficient (Wildman–Crippen LogP) is 5.69. The molecule has 0 unspecified atom stereocenters. The number of piperidine rings is 1. The van der Waals surface area contributed by atoms with Crippen LogP contribution in [-0.2, 0) is 14.3 Å². The lowest BCUT2D eigenvalue weighted by atomic mass is 9.71. The SMILES string of the molecule is CCN(C(=O)C(C)C)c1cc(F)ccc1Oc1cncnc1N1CC2(CCN(CC3CCC(CC(=O)OC)CC3)CC2)C1. The van der Waals surface area contributed by atoms with Crippen LogP contribution in [0.4, 0.5) is 15.9 Å². The first-order chi connectivity index (χ1) is 20.7. The number of ether oxygens (including phenoxy) is 2. The van der Waals surface area contributed by atoms with Crippen LogP contribution in [-0.4, -0.2) is 73.1 Å². The van der Waals surface area contributed by atoms with E-state index in [0.717, 1.165) is 70.1 Å². The molecular formula is C33H46FN5O4. The molecule has 1 aromatic carbocycles. The highest BCUT2D eigenvalue weighted by Crippen LogP contribution is 2.46. The number of nitrogens with zero attached hydrogens (tertiary/aromatic N) is 5. The number of likely N-dealkylation sites (tertiary alicyclic amines) is 1. The summed E-state index contributed by atoms with van der Waals surface area (Å²) in [5.41, 5.74) is 0.682. The van der Waals surface area contributed by atoms with Gasteiger partial charge in [-0.15, -0.1) is 0 Å². The van der Waals surface area contributed by atoms with Gasteiger partial charge in [-0.1, -0.05) is 13.8 Å². The third kappa shape index (κ3) is 7.28. The van der Waals surface area contributed by atoms with Gasteiger partial charge in [0.15, 0.2) is 17.3 Å². The number of rotatable bonds is 10. The molecule has 0 bridgehead atoms. The highest BCUT2D eigenvalue weighted by Gasteiger charge is 2.46. The number of methoxy groups -OCH3 is 1. The fraction of sp³-hybridized carbons (Fsp3) is 0.636. The van der Waals surface area contributed by atoms with Crippen LogP contribution in [0.2, 0.25) is 0 Å². The molecule has 0 N–H and O–H groups in total.